The molecule has 0 N–H and O–H groups in total. The molecule has 0 spiro atoms. The number of hydrogen-bond donors (Lipinski definition) is 0. The molecule has 0 aliphatic carbocycles. The Bertz CT molecular complexity index is 442. The van der Waals surface area contributed by atoms with Gasteiger partial charge in [0.1, 0.15) is 0 Å². The summed E-state index contributed by atoms with van der Waals surface area (Å²) < 4.78 is 7.64. The van der Waals surface area contributed by atoms with Gasteiger partial charge < -0.3 is 17.0 Å². The zero-order chi connectivity index (χ0) is 24.1. The van der Waals surface area contributed by atoms with Crippen molar-refractivity contribution in [2.45, 2.75) is 139 Å². The second-order valence-electron chi connectivity index (χ2n) is 10.8. The summed E-state index contributed by atoms with van der Waals surface area (Å²) >= 11 is -2.14. The zero-order valence-corrected chi connectivity index (χ0v) is 29.3. The third-order valence-electron chi connectivity index (χ3n) is 7.46. The predicted molar refractivity (Wildman–Crippen MR) is 159 cm³/mol. The van der Waals surface area contributed by atoms with E-state index in [1.165, 1.54) is 83.2 Å². The molecular weight excluding hydrogens is 590 g/mol. The first-order valence-corrected chi connectivity index (χ1v) is 24.9. The van der Waals surface area contributed by atoms with Gasteiger partial charge in [-0.25, -0.2) is 0 Å². The van der Waals surface area contributed by atoms with Crippen LogP contribution in [-0.2, 0) is 0 Å². The molecule has 0 saturated heterocycles. The predicted octanol–water partition coefficient (Wildman–Crippen LogP) is 8.30. The molecule has 0 aromatic heterocycles. The van der Waals surface area contributed by atoms with Crippen LogP contribution in [0.25, 0.3) is 0 Å². The maximum Gasteiger partial charge on any atom is -1.00 e. The molecule has 0 aromatic rings. The van der Waals surface area contributed by atoms with Gasteiger partial charge in [-0.15, -0.1) is 0 Å². The van der Waals surface area contributed by atoms with E-state index in [0.717, 1.165) is 0 Å². The van der Waals surface area contributed by atoms with Crippen LogP contribution in [-0.4, -0.2) is 43.0 Å². The van der Waals surface area contributed by atoms with Gasteiger partial charge in [0.2, 0.25) is 0 Å². The van der Waals surface area contributed by atoms with E-state index < -0.39 is 25.6 Å². The standard InChI is InChI=1S/C18H35P.3C4H9.BrH.Sn/c1-6-10-14-19(15-11-7-2,16-12-8-3)17-18(5)13-9-4;3*1-3-4-2;;/h4,9,13H,6-8,10-12,14-17H2,1-3,5H3;3*1,3-4H2,2H3;1H;/q+1;;;;;/p-1/b9-4?,18-13+;;;;;. The summed E-state index contributed by atoms with van der Waals surface area (Å²) in [4.78, 5) is 0. The summed E-state index contributed by atoms with van der Waals surface area (Å²) in [5.74, 6) is 0. The van der Waals surface area contributed by atoms with Crippen molar-refractivity contribution in [1.29, 1.82) is 0 Å². The van der Waals surface area contributed by atoms with Gasteiger partial charge in [0.25, 0.3) is 0 Å². The van der Waals surface area contributed by atoms with E-state index >= 15 is 0 Å². The molecule has 3 heteroatoms. The number of halogens is 1. The molecule has 0 nitrogen and oxygen atoms in total. The van der Waals surface area contributed by atoms with E-state index in [-0.39, 0.29) is 17.0 Å². The smallest absolute Gasteiger partial charge is 1.00 e. The molecule has 0 heterocycles. The Morgan fingerprint density at radius 1 is 0.606 bits per heavy atom. The molecule has 0 atom stereocenters. The minimum atomic E-state index is -2.14. The zero-order valence-electron chi connectivity index (χ0n) is 24.0. The molecule has 0 rings (SSSR count). The van der Waals surface area contributed by atoms with E-state index in [1.54, 1.807) is 37.4 Å². The van der Waals surface area contributed by atoms with Crippen LogP contribution in [0.5, 0.6) is 0 Å². The van der Waals surface area contributed by atoms with E-state index in [9.17, 15) is 0 Å². The van der Waals surface area contributed by atoms with E-state index in [0.29, 0.717) is 0 Å². The van der Waals surface area contributed by atoms with Gasteiger partial charge in [-0.2, -0.15) is 0 Å². The minimum Gasteiger partial charge on any atom is -1.00 e. The van der Waals surface area contributed by atoms with E-state index in [1.807, 2.05) is 0 Å². The summed E-state index contributed by atoms with van der Waals surface area (Å²) in [7, 11) is -0.821. The van der Waals surface area contributed by atoms with Gasteiger partial charge in [-0.05, 0) is 0 Å². The first-order valence-electron chi connectivity index (χ1n) is 14.7. The van der Waals surface area contributed by atoms with Crippen molar-refractivity contribution in [2.75, 3.05) is 24.6 Å². The third-order valence-corrected chi connectivity index (χ3v) is 26.5. The molecule has 0 aromatic carbocycles. The van der Waals surface area contributed by atoms with E-state index in [4.69, 9.17) is 0 Å². The van der Waals surface area contributed by atoms with Gasteiger partial charge >= 0.3 is 211 Å². The van der Waals surface area contributed by atoms with Crippen molar-refractivity contribution in [1.82, 2.24) is 0 Å². The van der Waals surface area contributed by atoms with Crippen LogP contribution >= 0.6 is 7.26 Å². The Morgan fingerprint density at radius 3 is 1.30 bits per heavy atom. The fourth-order valence-electron chi connectivity index (χ4n) is 5.26. The summed E-state index contributed by atoms with van der Waals surface area (Å²) in [5.41, 5.74) is 1.69. The van der Waals surface area contributed by atoms with Gasteiger partial charge in [0.05, 0.1) is 0 Å². The van der Waals surface area contributed by atoms with Crippen LogP contribution in [0.3, 0.4) is 0 Å². The quantitative estimate of drug-likeness (QED) is 0.0628. The molecule has 0 unspecified atom stereocenters. The second-order valence-corrected chi connectivity index (χ2v) is 28.1. The molecule has 33 heavy (non-hydrogen) atoms. The Hall–Kier alpha value is 1.19. The monoisotopic (exact) mass is 652 g/mol. The van der Waals surface area contributed by atoms with Gasteiger partial charge in [-0.3, -0.25) is 0 Å². The normalized spacial score (nSPS) is 13.0. The average Bonchev–Trinajstić information content (AvgIpc) is 2.80. The number of unbranched alkanes of at least 4 members (excludes halogenated alkanes) is 6. The Morgan fingerprint density at radius 2 is 0.970 bits per heavy atom. The largest absolute Gasteiger partial charge is 1.00 e. The number of hydrogen-bond acceptors (Lipinski definition) is 0. The fourth-order valence-corrected chi connectivity index (χ4v) is 24.6. The van der Waals surface area contributed by atoms with Crippen molar-refractivity contribution in [3.05, 3.63) is 21.8 Å². The number of rotatable bonds is 22. The molecule has 0 aliphatic heterocycles. The average molecular weight is 652 g/mol. The summed E-state index contributed by atoms with van der Waals surface area (Å²) in [6.45, 7) is 16.8. The van der Waals surface area contributed by atoms with Crippen LogP contribution in [0, 0.1) is 0 Å². The van der Waals surface area contributed by atoms with E-state index in [2.05, 4.69) is 64.7 Å². The van der Waals surface area contributed by atoms with Crippen LogP contribution in [0.2, 0.25) is 13.3 Å². The van der Waals surface area contributed by atoms with Crippen LogP contribution in [0.15, 0.2) is 21.8 Å². The molecule has 0 aliphatic rings. The Labute approximate surface area is 226 Å². The van der Waals surface area contributed by atoms with Crippen molar-refractivity contribution in [3.63, 3.8) is 0 Å². The SMILES string of the molecule is CCCC[P+](CCCC)(CCCC)C/C(C)=C/C=[CH]/[Sn]([CH2]CCC)([CH2]CCC)[CH2]CCC.[Br-]. The summed E-state index contributed by atoms with van der Waals surface area (Å²) in [6, 6.07) is 0. The number of allylic oxidation sites excluding steroid dienone is 3. The van der Waals surface area contributed by atoms with Gasteiger partial charge in [0.15, 0.2) is 0 Å². The van der Waals surface area contributed by atoms with Crippen LogP contribution in [0.1, 0.15) is 126 Å². The molecule has 0 saturated carbocycles. The topological polar surface area (TPSA) is 0 Å². The molecule has 0 fully saturated rings. The van der Waals surface area contributed by atoms with Crippen molar-refractivity contribution in [3.8, 4) is 0 Å². The fraction of sp³-hybridized carbons (Fsp3) is 0.867. The maximum absolute atomic E-state index is 2.86. The van der Waals surface area contributed by atoms with Crippen molar-refractivity contribution in [2.24, 2.45) is 0 Å². The molecule has 198 valence electrons. The van der Waals surface area contributed by atoms with Crippen LogP contribution < -0.4 is 17.0 Å². The molecule has 0 bridgehead atoms. The Balaban J connectivity index is 0. The summed E-state index contributed by atoms with van der Waals surface area (Å²) in [5, 5.41) is 0. The second kappa shape index (κ2) is 23.6. The van der Waals surface area contributed by atoms with Crippen molar-refractivity contribution < 1.29 is 17.0 Å². The first kappa shape index (κ1) is 36.3. The Kier molecular flexibility index (Phi) is 26.0. The molecule has 0 radical (unpaired) electrons. The van der Waals surface area contributed by atoms with Gasteiger partial charge in [-0.1, -0.05) is 0 Å². The van der Waals surface area contributed by atoms with Crippen LogP contribution in [0.4, 0.5) is 0 Å². The minimum absolute atomic E-state index is 0. The van der Waals surface area contributed by atoms with Gasteiger partial charge in [0, 0.05) is 0 Å². The first-order chi connectivity index (χ1) is 15.5. The maximum atomic E-state index is 2.86. The van der Waals surface area contributed by atoms with Crippen molar-refractivity contribution >= 4 is 25.6 Å². The summed E-state index contributed by atoms with van der Waals surface area (Å²) in [6.07, 6.45) is 28.2. The molecule has 0 amide bonds. The molecular formula is C30H62BrPSn. The third kappa shape index (κ3) is 17.3.